The van der Waals surface area contributed by atoms with Crippen molar-refractivity contribution >= 4 is 11.3 Å². The Morgan fingerprint density at radius 1 is 1.29 bits per heavy atom. The molecular formula is C18H27NOS. The molecule has 0 aromatic carbocycles. The third-order valence-corrected chi connectivity index (χ3v) is 7.14. The fourth-order valence-corrected chi connectivity index (χ4v) is 5.94. The van der Waals surface area contributed by atoms with Crippen molar-refractivity contribution in [3.63, 3.8) is 0 Å². The molecule has 4 rings (SSSR count). The van der Waals surface area contributed by atoms with E-state index in [2.05, 4.69) is 36.7 Å². The van der Waals surface area contributed by atoms with Crippen LogP contribution in [-0.2, 0) is 4.74 Å². The average Bonchev–Trinajstić information content (AvgIpc) is 3.22. The quantitative estimate of drug-likeness (QED) is 0.891. The average molecular weight is 305 g/mol. The summed E-state index contributed by atoms with van der Waals surface area (Å²) in [5.74, 6) is 1.57. The van der Waals surface area contributed by atoms with Crippen molar-refractivity contribution < 1.29 is 4.74 Å². The Morgan fingerprint density at radius 3 is 2.81 bits per heavy atom. The van der Waals surface area contributed by atoms with Gasteiger partial charge in [-0.25, -0.2) is 0 Å². The van der Waals surface area contributed by atoms with Crippen LogP contribution in [0.2, 0.25) is 0 Å². The van der Waals surface area contributed by atoms with Gasteiger partial charge in [0.2, 0.25) is 0 Å². The normalized spacial score (nSPS) is 36.4. The van der Waals surface area contributed by atoms with E-state index >= 15 is 0 Å². The molecule has 0 bridgehead atoms. The molecule has 2 nitrogen and oxygen atoms in total. The van der Waals surface area contributed by atoms with Crippen molar-refractivity contribution in [3.8, 4) is 0 Å². The molecule has 4 atom stereocenters. The molecule has 1 N–H and O–H groups in total. The molecule has 1 aromatic heterocycles. The zero-order valence-electron chi connectivity index (χ0n) is 13.2. The molecule has 4 unspecified atom stereocenters. The predicted octanol–water partition coefficient (Wildman–Crippen LogP) is 4.38. The molecule has 0 spiro atoms. The van der Waals surface area contributed by atoms with Crippen molar-refractivity contribution in [1.29, 1.82) is 0 Å². The lowest BCUT2D eigenvalue weighted by Crippen LogP contribution is -2.66. The molecule has 2 saturated carbocycles. The molecule has 1 aromatic rings. The van der Waals surface area contributed by atoms with Crippen LogP contribution in [0, 0.1) is 17.3 Å². The minimum absolute atomic E-state index is 0.287. The van der Waals surface area contributed by atoms with Crippen LogP contribution in [0.3, 0.4) is 0 Å². The fourth-order valence-electron chi connectivity index (χ4n) is 5.07. The van der Waals surface area contributed by atoms with E-state index in [-0.39, 0.29) is 5.41 Å². The first-order valence-corrected chi connectivity index (χ1v) is 9.47. The number of rotatable bonds is 4. The maximum absolute atomic E-state index is 5.96. The molecular weight excluding hydrogens is 278 g/mol. The Bertz CT molecular complexity index is 477. The first-order chi connectivity index (χ1) is 10.2. The van der Waals surface area contributed by atoms with Gasteiger partial charge in [0.1, 0.15) is 0 Å². The maximum atomic E-state index is 5.96. The molecule has 2 heterocycles. The van der Waals surface area contributed by atoms with Gasteiger partial charge < -0.3 is 10.1 Å². The van der Waals surface area contributed by atoms with Gasteiger partial charge in [-0.05, 0) is 36.6 Å². The number of hydrogen-bond acceptors (Lipinski definition) is 3. The first kappa shape index (κ1) is 14.2. The van der Waals surface area contributed by atoms with Crippen LogP contribution in [0.1, 0.15) is 56.9 Å². The molecule has 116 valence electrons. The number of ether oxygens (including phenoxy) is 1. The van der Waals surface area contributed by atoms with Crippen LogP contribution in [-0.4, -0.2) is 18.8 Å². The van der Waals surface area contributed by atoms with E-state index in [4.69, 9.17) is 4.74 Å². The molecule has 3 aliphatic rings. The highest BCUT2D eigenvalue weighted by molar-refractivity contribution is 7.10. The SMILES string of the molecule is CC1(C)C(NC(c2cccs2)C2CCCC2)C2CCOC21. The fraction of sp³-hybridized carbons (Fsp3) is 0.778. The van der Waals surface area contributed by atoms with Gasteiger partial charge in [-0.2, -0.15) is 0 Å². The van der Waals surface area contributed by atoms with Gasteiger partial charge in [0.15, 0.2) is 0 Å². The molecule has 3 fully saturated rings. The lowest BCUT2D eigenvalue weighted by Gasteiger charge is -2.56. The highest BCUT2D eigenvalue weighted by Gasteiger charge is 2.59. The molecule has 1 saturated heterocycles. The zero-order chi connectivity index (χ0) is 14.4. The van der Waals surface area contributed by atoms with E-state index < -0.39 is 0 Å². The largest absolute Gasteiger partial charge is 0.377 e. The summed E-state index contributed by atoms with van der Waals surface area (Å²) in [6.45, 7) is 5.73. The second kappa shape index (κ2) is 5.36. The Hall–Kier alpha value is -0.380. The van der Waals surface area contributed by atoms with Gasteiger partial charge in [-0.15, -0.1) is 11.3 Å². The number of nitrogens with one attached hydrogen (secondary N) is 1. The van der Waals surface area contributed by atoms with E-state index in [1.807, 2.05) is 11.3 Å². The van der Waals surface area contributed by atoms with Gasteiger partial charge in [0.25, 0.3) is 0 Å². The molecule has 0 amide bonds. The second-order valence-corrected chi connectivity index (χ2v) is 8.73. The van der Waals surface area contributed by atoms with Crippen molar-refractivity contribution in [2.24, 2.45) is 17.3 Å². The molecule has 21 heavy (non-hydrogen) atoms. The zero-order valence-corrected chi connectivity index (χ0v) is 14.0. The third-order valence-electron chi connectivity index (χ3n) is 6.18. The molecule has 1 aliphatic heterocycles. The molecule has 0 radical (unpaired) electrons. The Labute approximate surface area is 132 Å². The van der Waals surface area contributed by atoms with Gasteiger partial charge in [-0.1, -0.05) is 32.8 Å². The standard InChI is InChI=1S/C18H27NOS/c1-18(2)16(13-9-10-20-17(13)18)19-15(12-6-3-4-7-12)14-8-5-11-21-14/h5,8,11-13,15-17,19H,3-4,6-7,9-10H2,1-2H3. The van der Waals surface area contributed by atoms with Crippen LogP contribution in [0.4, 0.5) is 0 Å². The van der Waals surface area contributed by atoms with Gasteiger partial charge in [0, 0.05) is 34.9 Å². The van der Waals surface area contributed by atoms with E-state index in [0.717, 1.165) is 18.4 Å². The minimum Gasteiger partial charge on any atom is -0.377 e. The Kier molecular flexibility index (Phi) is 3.63. The Balaban J connectivity index is 1.54. The van der Waals surface area contributed by atoms with Crippen molar-refractivity contribution in [1.82, 2.24) is 5.32 Å². The third kappa shape index (κ3) is 2.29. The summed E-state index contributed by atoms with van der Waals surface area (Å²) in [7, 11) is 0. The summed E-state index contributed by atoms with van der Waals surface area (Å²) >= 11 is 1.93. The molecule has 3 heteroatoms. The topological polar surface area (TPSA) is 21.3 Å². The van der Waals surface area contributed by atoms with E-state index in [9.17, 15) is 0 Å². The van der Waals surface area contributed by atoms with Crippen molar-refractivity contribution in [2.45, 2.75) is 64.1 Å². The number of thiophene rings is 1. The summed E-state index contributed by atoms with van der Waals surface area (Å²) in [6, 6.07) is 5.72. The van der Waals surface area contributed by atoms with Crippen LogP contribution in [0.15, 0.2) is 17.5 Å². The van der Waals surface area contributed by atoms with Crippen LogP contribution in [0.25, 0.3) is 0 Å². The van der Waals surface area contributed by atoms with Gasteiger partial charge in [-0.3, -0.25) is 0 Å². The van der Waals surface area contributed by atoms with E-state index in [1.165, 1.54) is 32.1 Å². The predicted molar refractivity (Wildman–Crippen MR) is 87.6 cm³/mol. The van der Waals surface area contributed by atoms with Crippen molar-refractivity contribution in [2.75, 3.05) is 6.61 Å². The molecule has 2 aliphatic carbocycles. The summed E-state index contributed by atoms with van der Waals surface area (Å²) < 4.78 is 5.96. The van der Waals surface area contributed by atoms with E-state index in [0.29, 0.717) is 18.2 Å². The second-order valence-electron chi connectivity index (χ2n) is 7.75. The summed E-state index contributed by atoms with van der Waals surface area (Å²) in [5, 5.41) is 6.32. The van der Waals surface area contributed by atoms with Crippen LogP contribution in [0.5, 0.6) is 0 Å². The van der Waals surface area contributed by atoms with Gasteiger partial charge >= 0.3 is 0 Å². The monoisotopic (exact) mass is 305 g/mol. The lowest BCUT2D eigenvalue weighted by atomic mass is 9.57. The van der Waals surface area contributed by atoms with Gasteiger partial charge in [0.05, 0.1) is 6.10 Å². The first-order valence-electron chi connectivity index (χ1n) is 8.59. The lowest BCUT2D eigenvalue weighted by molar-refractivity contribution is -0.117. The van der Waals surface area contributed by atoms with Crippen LogP contribution < -0.4 is 5.32 Å². The number of fused-ring (bicyclic) bond motifs is 1. The highest BCUT2D eigenvalue weighted by atomic mass is 32.1. The highest BCUT2D eigenvalue weighted by Crippen LogP contribution is 2.53. The smallest absolute Gasteiger partial charge is 0.0685 e. The summed E-state index contributed by atoms with van der Waals surface area (Å²) in [5.41, 5.74) is 0.287. The summed E-state index contributed by atoms with van der Waals surface area (Å²) in [6.07, 6.45) is 7.35. The van der Waals surface area contributed by atoms with Crippen molar-refractivity contribution in [3.05, 3.63) is 22.4 Å². The van der Waals surface area contributed by atoms with E-state index in [1.54, 1.807) is 4.88 Å². The Morgan fingerprint density at radius 2 is 2.10 bits per heavy atom. The summed E-state index contributed by atoms with van der Waals surface area (Å²) in [4.78, 5) is 1.54. The minimum atomic E-state index is 0.287. The number of hydrogen-bond donors (Lipinski definition) is 1. The van der Waals surface area contributed by atoms with Crippen LogP contribution >= 0.6 is 11.3 Å². The maximum Gasteiger partial charge on any atom is 0.0685 e.